The molecule has 2 rings (SSSR count). The maximum absolute atomic E-state index is 11.6. The standard InChI is InChI=1S/C14H14ClNO2S/c1-10(12-7-8-13(15)19-12)16-14(17)18-9-11-5-3-2-4-6-11/h2-8,10H,9H2,1H3,(H,16,17). The molecule has 19 heavy (non-hydrogen) atoms. The Morgan fingerprint density at radius 2 is 2.05 bits per heavy atom. The van der Waals surface area contributed by atoms with E-state index in [9.17, 15) is 4.79 Å². The van der Waals surface area contributed by atoms with Crippen molar-refractivity contribution in [1.29, 1.82) is 0 Å². The van der Waals surface area contributed by atoms with Gasteiger partial charge in [-0.1, -0.05) is 41.9 Å². The molecule has 0 saturated heterocycles. The number of rotatable bonds is 4. The molecule has 1 aromatic carbocycles. The third-order valence-corrected chi connectivity index (χ3v) is 3.98. The molecule has 1 N–H and O–H groups in total. The van der Waals surface area contributed by atoms with Crippen molar-refractivity contribution in [1.82, 2.24) is 5.32 Å². The van der Waals surface area contributed by atoms with Crippen LogP contribution in [0.25, 0.3) is 0 Å². The van der Waals surface area contributed by atoms with Gasteiger partial charge in [0.2, 0.25) is 0 Å². The van der Waals surface area contributed by atoms with E-state index in [0.717, 1.165) is 10.4 Å². The zero-order valence-corrected chi connectivity index (χ0v) is 12.0. The maximum atomic E-state index is 11.6. The average Bonchev–Trinajstić information content (AvgIpc) is 2.84. The van der Waals surface area contributed by atoms with Crippen molar-refractivity contribution in [2.24, 2.45) is 0 Å². The van der Waals surface area contributed by atoms with Gasteiger partial charge < -0.3 is 10.1 Å². The van der Waals surface area contributed by atoms with Gasteiger partial charge >= 0.3 is 6.09 Å². The summed E-state index contributed by atoms with van der Waals surface area (Å²) in [4.78, 5) is 12.6. The first-order chi connectivity index (χ1) is 9.15. The van der Waals surface area contributed by atoms with E-state index in [1.54, 1.807) is 0 Å². The first-order valence-corrected chi connectivity index (χ1v) is 7.07. The van der Waals surface area contributed by atoms with Crippen molar-refractivity contribution in [2.75, 3.05) is 0 Å². The minimum atomic E-state index is -0.430. The summed E-state index contributed by atoms with van der Waals surface area (Å²) in [5.41, 5.74) is 0.962. The first-order valence-electron chi connectivity index (χ1n) is 5.87. The molecule has 3 nitrogen and oxygen atoms in total. The summed E-state index contributed by atoms with van der Waals surface area (Å²) >= 11 is 7.30. The van der Waals surface area contributed by atoms with Gasteiger partial charge in [-0.25, -0.2) is 4.79 Å². The van der Waals surface area contributed by atoms with Gasteiger partial charge in [-0.05, 0) is 24.6 Å². The van der Waals surface area contributed by atoms with Crippen LogP contribution in [-0.2, 0) is 11.3 Å². The minimum Gasteiger partial charge on any atom is -0.445 e. The Kier molecular flexibility index (Phi) is 4.82. The van der Waals surface area contributed by atoms with Crippen LogP contribution in [0.15, 0.2) is 42.5 Å². The molecule has 1 amide bonds. The van der Waals surface area contributed by atoms with Crippen LogP contribution < -0.4 is 5.32 Å². The van der Waals surface area contributed by atoms with Crippen LogP contribution in [0.5, 0.6) is 0 Å². The van der Waals surface area contributed by atoms with E-state index in [4.69, 9.17) is 16.3 Å². The highest BCUT2D eigenvalue weighted by molar-refractivity contribution is 7.16. The van der Waals surface area contributed by atoms with Crippen LogP contribution >= 0.6 is 22.9 Å². The van der Waals surface area contributed by atoms with E-state index >= 15 is 0 Å². The molecule has 1 atom stereocenters. The minimum absolute atomic E-state index is 0.110. The molecule has 5 heteroatoms. The number of thiophene rings is 1. The normalized spacial score (nSPS) is 11.9. The Morgan fingerprint density at radius 1 is 1.32 bits per heavy atom. The molecular weight excluding hydrogens is 282 g/mol. The number of amides is 1. The molecule has 2 aromatic rings. The molecule has 0 fully saturated rings. The second-order valence-corrected chi connectivity index (χ2v) is 5.82. The second kappa shape index (κ2) is 6.59. The van der Waals surface area contributed by atoms with Gasteiger partial charge in [0.05, 0.1) is 10.4 Å². The van der Waals surface area contributed by atoms with Crippen molar-refractivity contribution in [3.8, 4) is 0 Å². The van der Waals surface area contributed by atoms with Crippen molar-refractivity contribution in [2.45, 2.75) is 19.6 Å². The smallest absolute Gasteiger partial charge is 0.407 e. The molecule has 0 spiro atoms. The molecular formula is C14H14ClNO2S. The molecule has 1 unspecified atom stereocenters. The number of alkyl carbamates (subject to hydrolysis) is 1. The van der Waals surface area contributed by atoms with Gasteiger partial charge in [0.1, 0.15) is 6.61 Å². The summed E-state index contributed by atoms with van der Waals surface area (Å²) in [5.74, 6) is 0. The quantitative estimate of drug-likeness (QED) is 0.908. The monoisotopic (exact) mass is 295 g/mol. The number of benzene rings is 1. The van der Waals surface area contributed by atoms with E-state index in [2.05, 4.69) is 5.32 Å². The Morgan fingerprint density at radius 3 is 2.68 bits per heavy atom. The van der Waals surface area contributed by atoms with E-state index in [1.807, 2.05) is 49.4 Å². The Labute approximate surface area is 121 Å². The van der Waals surface area contributed by atoms with Crippen LogP contribution in [0.4, 0.5) is 4.79 Å². The molecule has 100 valence electrons. The fourth-order valence-electron chi connectivity index (χ4n) is 1.57. The maximum Gasteiger partial charge on any atom is 0.407 e. The Hall–Kier alpha value is -1.52. The van der Waals surface area contributed by atoms with Gasteiger partial charge in [-0.3, -0.25) is 0 Å². The topological polar surface area (TPSA) is 38.3 Å². The highest BCUT2D eigenvalue weighted by atomic mass is 35.5. The van der Waals surface area contributed by atoms with Crippen LogP contribution in [0.2, 0.25) is 4.34 Å². The van der Waals surface area contributed by atoms with Crippen LogP contribution in [0, 0.1) is 0 Å². The fraction of sp³-hybridized carbons (Fsp3) is 0.214. The van der Waals surface area contributed by atoms with Crippen molar-refractivity contribution in [3.05, 3.63) is 57.2 Å². The van der Waals surface area contributed by atoms with Crippen LogP contribution in [-0.4, -0.2) is 6.09 Å². The number of carbonyl (C=O) groups excluding carboxylic acids is 1. The highest BCUT2D eigenvalue weighted by Crippen LogP contribution is 2.26. The molecule has 0 bridgehead atoms. The number of ether oxygens (including phenoxy) is 1. The third kappa shape index (κ3) is 4.26. The Bertz CT molecular complexity index is 541. The molecule has 1 aromatic heterocycles. The lowest BCUT2D eigenvalue weighted by atomic mass is 10.2. The van der Waals surface area contributed by atoms with Gasteiger partial charge in [0.25, 0.3) is 0 Å². The summed E-state index contributed by atoms with van der Waals surface area (Å²) in [6.07, 6.45) is -0.430. The zero-order chi connectivity index (χ0) is 13.7. The number of carbonyl (C=O) groups is 1. The summed E-state index contributed by atoms with van der Waals surface area (Å²) in [7, 11) is 0. The molecule has 1 heterocycles. The largest absolute Gasteiger partial charge is 0.445 e. The summed E-state index contributed by atoms with van der Waals surface area (Å²) in [5, 5.41) is 2.77. The van der Waals surface area contributed by atoms with Crippen molar-refractivity contribution < 1.29 is 9.53 Å². The van der Waals surface area contributed by atoms with E-state index in [0.29, 0.717) is 4.34 Å². The summed E-state index contributed by atoms with van der Waals surface area (Å²) in [6.45, 7) is 2.16. The van der Waals surface area contributed by atoms with E-state index < -0.39 is 6.09 Å². The first kappa shape index (κ1) is 13.9. The van der Waals surface area contributed by atoms with Gasteiger partial charge in [-0.2, -0.15) is 0 Å². The summed E-state index contributed by atoms with van der Waals surface area (Å²) < 4.78 is 5.86. The lowest BCUT2D eigenvalue weighted by molar-refractivity contribution is 0.136. The van der Waals surface area contributed by atoms with Gasteiger partial charge in [0, 0.05) is 4.88 Å². The lowest BCUT2D eigenvalue weighted by Crippen LogP contribution is -2.26. The average molecular weight is 296 g/mol. The highest BCUT2D eigenvalue weighted by Gasteiger charge is 2.12. The van der Waals surface area contributed by atoms with Crippen molar-refractivity contribution in [3.63, 3.8) is 0 Å². The number of nitrogens with one attached hydrogen (secondary N) is 1. The number of hydrogen-bond donors (Lipinski definition) is 1. The summed E-state index contributed by atoms with van der Waals surface area (Å²) in [6, 6.07) is 13.2. The Balaban J connectivity index is 1.81. The second-order valence-electron chi connectivity index (χ2n) is 4.07. The number of hydrogen-bond acceptors (Lipinski definition) is 3. The van der Waals surface area contributed by atoms with Crippen molar-refractivity contribution >= 4 is 29.0 Å². The van der Waals surface area contributed by atoms with E-state index in [1.165, 1.54) is 11.3 Å². The lowest BCUT2D eigenvalue weighted by Gasteiger charge is -2.12. The predicted octanol–water partition coefficient (Wildman–Crippen LogP) is 4.39. The number of halogens is 1. The molecule has 0 saturated carbocycles. The SMILES string of the molecule is CC(NC(=O)OCc1ccccc1)c1ccc(Cl)s1. The molecule has 0 aliphatic rings. The molecule has 0 radical (unpaired) electrons. The van der Waals surface area contributed by atoms with Crippen LogP contribution in [0.1, 0.15) is 23.4 Å². The van der Waals surface area contributed by atoms with E-state index in [-0.39, 0.29) is 12.6 Å². The third-order valence-electron chi connectivity index (χ3n) is 2.57. The predicted molar refractivity (Wildman–Crippen MR) is 77.5 cm³/mol. The fourth-order valence-corrected chi connectivity index (χ4v) is 2.64. The van der Waals surface area contributed by atoms with Crippen LogP contribution in [0.3, 0.4) is 0 Å². The van der Waals surface area contributed by atoms with Gasteiger partial charge in [0.15, 0.2) is 0 Å². The molecule has 0 aliphatic heterocycles. The molecule has 0 aliphatic carbocycles. The zero-order valence-electron chi connectivity index (χ0n) is 10.4. The van der Waals surface area contributed by atoms with Gasteiger partial charge in [-0.15, -0.1) is 11.3 Å².